The van der Waals surface area contributed by atoms with Crippen molar-refractivity contribution in [1.82, 2.24) is 24.1 Å². The molecule has 6 heteroatoms. The molecule has 1 aliphatic rings. The fourth-order valence-corrected chi connectivity index (χ4v) is 10.6. The highest BCUT2D eigenvalue weighted by Gasteiger charge is 2.28. The van der Waals surface area contributed by atoms with Crippen LogP contribution >= 0.6 is 11.8 Å². The highest BCUT2D eigenvalue weighted by molar-refractivity contribution is 7.99. The van der Waals surface area contributed by atoms with Crippen LogP contribution in [0.25, 0.3) is 111 Å². The van der Waals surface area contributed by atoms with Gasteiger partial charge in [0.25, 0.3) is 0 Å². The van der Waals surface area contributed by atoms with Crippen molar-refractivity contribution in [3.63, 3.8) is 0 Å². The Bertz CT molecular complexity index is 3730. The molecular weight excluding hydrogens is 763 g/mol. The minimum absolute atomic E-state index is 0.623. The zero-order valence-corrected chi connectivity index (χ0v) is 33.5. The van der Waals surface area contributed by atoms with Gasteiger partial charge in [-0.25, -0.2) is 15.0 Å². The van der Waals surface area contributed by atoms with Gasteiger partial charge in [-0.15, -0.1) is 0 Å². The maximum atomic E-state index is 5.29. The highest BCUT2D eigenvalue weighted by atomic mass is 32.2. The van der Waals surface area contributed by atoms with E-state index in [0.717, 1.165) is 49.6 Å². The second-order valence-electron chi connectivity index (χ2n) is 15.6. The quantitative estimate of drug-likeness (QED) is 0.174. The number of nitrogens with zero attached hydrogens (tertiary/aromatic N) is 5. The first-order valence-corrected chi connectivity index (χ1v) is 21.3. The van der Waals surface area contributed by atoms with Gasteiger partial charge >= 0.3 is 0 Å². The predicted octanol–water partition coefficient (Wildman–Crippen LogP) is 14.4. The van der Waals surface area contributed by atoms with Gasteiger partial charge in [-0.05, 0) is 87.3 Å². The minimum atomic E-state index is 0.623. The Morgan fingerprint density at radius 1 is 0.361 bits per heavy atom. The van der Waals surface area contributed by atoms with Crippen LogP contribution in [0.15, 0.2) is 210 Å². The fourth-order valence-electron chi connectivity index (χ4n) is 9.48. The van der Waals surface area contributed by atoms with Crippen molar-refractivity contribution in [2.75, 3.05) is 0 Å². The molecule has 0 amide bonds. The maximum Gasteiger partial charge on any atom is 0.164 e. The highest BCUT2D eigenvalue weighted by Crippen LogP contribution is 2.49. The number of para-hydroxylation sites is 3. The van der Waals surface area contributed by atoms with Gasteiger partial charge in [0.1, 0.15) is 5.65 Å². The van der Waals surface area contributed by atoms with Gasteiger partial charge in [-0.2, -0.15) is 0 Å². The normalized spacial score (nSPS) is 12.2. The first-order chi connectivity index (χ1) is 30.3. The molecule has 0 atom stereocenters. The summed E-state index contributed by atoms with van der Waals surface area (Å²) in [5, 5.41) is 8.25. The van der Waals surface area contributed by atoms with Crippen LogP contribution in [0.5, 0.6) is 0 Å². The third-order valence-electron chi connectivity index (χ3n) is 12.2. The smallest absolute Gasteiger partial charge is 0.164 e. The van der Waals surface area contributed by atoms with Crippen molar-refractivity contribution >= 4 is 66.1 Å². The summed E-state index contributed by atoms with van der Waals surface area (Å²) in [5.41, 5.74) is 11.1. The van der Waals surface area contributed by atoms with Crippen molar-refractivity contribution in [3.05, 3.63) is 200 Å². The summed E-state index contributed by atoms with van der Waals surface area (Å²) in [5.74, 6) is 1.90. The Morgan fingerprint density at radius 3 is 1.79 bits per heavy atom. The zero-order chi connectivity index (χ0) is 40.0. The molecule has 284 valence electrons. The van der Waals surface area contributed by atoms with E-state index in [4.69, 9.17) is 15.0 Å². The number of rotatable bonds is 5. The summed E-state index contributed by atoms with van der Waals surface area (Å²) in [6, 6.07) is 71.2. The van der Waals surface area contributed by atoms with Crippen LogP contribution in [0.2, 0.25) is 0 Å². The standard InChI is InChI=1S/C55H33N5S/c1-2-14-34(15-3-1)39-32-33-43(41-20-7-6-19-40(39)41)54-57-52(56-53(58-54)42-22-12-17-35-16-4-5-18-38(35)42)36-28-30-37(31-29-36)59-46-24-9-8-21-44(46)50-45-23-13-27-49-51(45)60(55(50)59)47-25-10-11-26-48(47)61-49/h1-33H. The van der Waals surface area contributed by atoms with Gasteiger partial charge in [-0.3, -0.25) is 9.13 Å². The Labute approximate surface area is 355 Å². The van der Waals surface area contributed by atoms with E-state index < -0.39 is 0 Å². The van der Waals surface area contributed by atoms with Gasteiger partial charge in [-0.1, -0.05) is 157 Å². The second kappa shape index (κ2) is 13.4. The van der Waals surface area contributed by atoms with E-state index in [2.05, 4.69) is 209 Å². The van der Waals surface area contributed by atoms with Crippen LogP contribution in [0.1, 0.15) is 0 Å². The number of benzene rings is 9. The molecular formula is C55H33N5S. The molecule has 5 nitrogen and oxygen atoms in total. The van der Waals surface area contributed by atoms with E-state index >= 15 is 0 Å². The molecule has 4 heterocycles. The lowest BCUT2D eigenvalue weighted by Gasteiger charge is -2.21. The number of hydrogen-bond donors (Lipinski definition) is 0. The lowest BCUT2D eigenvalue weighted by molar-refractivity contribution is 1.03. The molecule has 1 aliphatic heterocycles. The van der Waals surface area contributed by atoms with Crippen molar-refractivity contribution in [1.29, 1.82) is 0 Å². The van der Waals surface area contributed by atoms with Gasteiger partial charge in [0.2, 0.25) is 0 Å². The third-order valence-corrected chi connectivity index (χ3v) is 13.3. The van der Waals surface area contributed by atoms with Crippen LogP contribution in [0.3, 0.4) is 0 Å². The molecule has 0 bridgehead atoms. The molecule has 9 aromatic carbocycles. The third kappa shape index (κ3) is 5.19. The topological polar surface area (TPSA) is 48.5 Å². The summed E-state index contributed by atoms with van der Waals surface area (Å²) in [4.78, 5) is 18.3. The minimum Gasteiger partial charge on any atom is -0.295 e. The maximum absolute atomic E-state index is 5.29. The Morgan fingerprint density at radius 2 is 0.951 bits per heavy atom. The second-order valence-corrected chi connectivity index (χ2v) is 16.6. The molecule has 0 saturated heterocycles. The molecule has 0 spiro atoms. The number of aromatic nitrogens is 5. The molecule has 0 radical (unpaired) electrons. The van der Waals surface area contributed by atoms with E-state index in [-0.39, 0.29) is 0 Å². The monoisotopic (exact) mass is 795 g/mol. The summed E-state index contributed by atoms with van der Waals surface area (Å²) < 4.78 is 4.90. The Kier molecular flexibility index (Phi) is 7.47. The lowest BCUT2D eigenvalue weighted by atomic mass is 9.94. The zero-order valence-electron chi connectivity index (χ0n) is 32.7. The first-order valence-electron chi connectivity index (χ1n) is 20.5. The van der Waals surface area contributed by atoms with Crippen molar-refractivity contribution in [2.45, 2.75) is 9.79 Å². The summed E-state index contributed by atoms with van der Waals surface area (Å²) in [6.07, 6.45) is 0. The van der Waals surface area contributed by atoms with Crippen molar-refractivity contribution in [2.24, 2.45) is 0 Å². The SMILES string of the molecule is c1ccc(-c2ccc(-c3nc(-c4ccc(-n5c6ccccc6c6c7cccc8c7n(c65)-c5ccccc5S8)cc4)nc(-c4cccc5ccccc45)n3)c3ccccc23)cc1. The molecule has 0 aliphatic carbocycles. The van der Waals surface area contributed by atoms with Gasteiger partial charge < -0.3 is 0 Å². The lowest BCUT2D eigenvalue weighted by Crippen LogP contribution is -2.05. The number of hydrogen-bond acceptors (Lipinski definition) is 4. The van der Waals surface area contributed by atoms with Crippen LogP contribution in [-0.4, -0.2) is 24.1 Å². The van der Waals surface area contributed by atoms with E-state index in [0.29, 0.717) is 17.5 Å². The molecule has 12 aromatic rings. The van der Waals surface area contributed by atoms with Gasteiger partial charge in [0, 0.05) is 48.3 Å². The molecule has 13 rings (SSSR count). The van der Waals surface area contributed by atoms with Crippen LogP contribution in [0, 0.1) is 0 Å². The Hall–Kier alpha value is -7.80. The van der Waals surface area contributed by atoms with Crippen molar-refractivity contribution in [3.8, 4) is 56.7 Å². The van der Waals surface area contributed by atoms with Gasteiger partial charge in [0.15, 0.2) is 17.5 Å². The molecule has 3 aromatic heterocycles. The molecule has 0 N–H and O–H groups in total. The van der Waals surface area contributed by atoms with Crippen LogP contribution in [0.4, 0.5) is 0 Å². The fraction of sp³-hybridized carbons (Fsp3) is 0. The van der Waals surface area contributed by atoms with Crippen LogP contribution < -0.4 is 0 Å². The van der Waals surface area contributed by atoms with E-state index in [1.165, 1.54) is 53.8 Å². The predicted molar refractivity (Wildman–Crippen MR) is 252 cm³/mol. The van der Waals surface area contributed by atoms with E-state index in [9.17, 15) is 0 Å². The number of fused-ring (bicyclic) bond motifs is 9. The van der Waals surface area contributed by atoms with Gasteiger partial charge in [0.05, 0.1) is 16.7 Å². The molecule has 0 unspecified atom stereocenters. The largest absolute Gasteiger partial charge is 0.295 e. The summed E-state index contributed by atoms with van der Waals surface area (Å²) >= 11 is 1.85. The first kappa shape index (κ1) is 34.1. The summed E-state index contributed by atoms with van der Waals surface area (Å²) in [7, 11) is 0. The molecule has 61 heavy (non-hydrogen) atoms. The van der Waals surface area contributed by atoms with E-state index in [1.54, 1.807) is 0 Å². The van der Waals surface area contributed by atoms with Crippen molar-refractivity contribution < 1.29 is 0 Å². The summed E-state index contributed by atoms with van der Waals surface area (Å²) in [6.45, 7) is 0. The average Bonchev–Trinajstić information content (AvgIpc) is 3.85. The molecule has 0 fully saturated rings. The molecule has 0 saturated carbocycles. The van der Waals surface area contributed by atoms with E-state index in [1.807, 2.05) is 11.8 Å². The van der Waals surface area contributed by atoms with Crippen LogP contribution in [-0.2, 0) is 0 Å². The average molecular weight is 796 g/mol. The Balaban J connectivity index is 1.02.